The summed E-state index contributed by atoms with van der Waals surface area (Å²) in [4.78, 5) is 0. The zero-order valence-electron chi connectivity index (χ0n) is 15.8. The molecule has 0 heterocycles. The highest BCUT2D eigenvalue weighted by Gasteiger charge is 2.08. The largest absolute Gasteiger partial charge is 0.490 e. The zero-order valence-corrected chi connectivity index (χ0v) is 15.8. The van der Waals surface area contributed by atoms with Gasteiger partial charge in [-0.3, -0.25) is 0 Å². The van der Waals surface area contributed by atoms with Gasteiger partial charge in [0.15, 0.2) is 11.5 Å². The number of nitrogens with zero attached hydrogens (tertiary/aromatic N) is 1. The van der Waals surface area contributed by atoms with Crippen LogP contribution in [0.15, 0.2) is 77.9 Å². The van der Waals surface area contributed by atoms with E-state index in [4.69, 9.17) is 9.47 Å². The predicted octanol–water partition coefficient (Wildman–Crippen LogP) is 4.93. The Bertz CT molecular complexity index is 913. The Morgan fingerprint density at radius 3 is 2.50 bits per heavy atom. The molecular formula is C23H23FN2O2. The van der Waals surface area contributed by atoms with Gasteiger partial charge in [-0.15, -0.1) is 0 Å². The fraction of sp³-hybridized carbons (Fsp3) is 0.174. The first-order chi connectivity index (χ1) is 13.8. The molecule has 0 aliphatic rings. The summed E-state index contributed by atoms with van der Waals surface area (Å²) in [7, 11) is 0. The summed E-state index contributed by atoms with van der Waals surface area (Å²) in [6.45, 7) is 3.20. The summed E-state index contributed by atoms with van der Waals surface area (Å²) in [6.07, 6.45) is 1.73. The lowest BCUT2D eigenvalue weighted by atomic mass is 10.2. The Hall–Kier alpha value is -3.34. The summed E-state index contributed by atoms with van der Waals surface area (Å²) in [5.41, 5.74) is 5.56. The molecule has 0 unspecified atom stereocenters. The van der Waals surface area contributed by atoms with E-state index in [1.807, 2.05) is 55.5 Å². The van der Waals surface area contributed by atoms with Crippen LogP contribution in [0, 0.1) is 5.82 Å². The molecule has 1 N–H and O–H groups in total. The van der Waals surface area contributed by atoms with Crippen molar-refractivity contribution in [1.82, 2.24) is 5.43 Å². The molecule has 0 atom stereocenters. The van der Waals surface area contributed by atoms with E-state index in [-0.39, 0.29) is 12.4 Å². The lowest BCUT2D eigenvalue weighted by Crippen LogP contribution is -2.05. The van der Waals surface area contributed by atoms with Crippen molar-refractivity contribution in [3.8, 4) is 11.5 Å². The number of hydrogen-bond donors (Lipinski definition) is 1. The second kappa shape index (κ2) is 10.1. The molecule has 0 spiro atoms. The third-order valence-corrected chi connectivity index (χ3v) is 4.04. The van der Waals surface area contributed by atoms with Gasteiger partial charge in [-0.05, 0) is 42.3 Å². The molecule has 5 heteroatoms. The molecule has 3 aromatic rings. The predicted molar refractivity (Wildman–Crippen MR) is 109 cm³/mol. The van der Waals surface area contributed by atoms with Crippen molar-refractivity contribution in [3.05, 3.63) is 95.3 Å². The summed E-state index contributed by atoms with van der Waals surface area (Å²) < 4.78 is 25.2. The van der Waals surface area contributed by atoms with E-state index >= 15 is 0 Å². The van der Waals surface area contributed by atoms with Crippen molar-refractivity contribution in [3.63, 3.8) is 0 Å². The van der Waals surface area contributed by atoms with Crippen molar-refractivity contribution in [2.24, 2.45) is 5.10 Å². The maximum atomic E-state index is 13.8. The van der Waals surface area contributed by atoms with Gasteiger partial charge in [-0.2, -0.15) is 5.10 Å². The smallest absolute Gasteiger partial charge is 0.161 e. The highest BCUT2D eigenvalue weighted by atomic mass is 19.1. The van der Waals surface area contributed by atoms with Crippen molar-refractivity contribution in [1.29, 1.82) is 0 Å². The van der Waals surface area contributed by atoms with Crippen molar-refractivity contribution in [2.45, 2.75) is 20.1 Å². The highest BCUT2D eigenvalue weighted by molar-refractivity contribution is 5.80. The number of ether oxygens (including phenoxy) is 2. The summed E-state index contributed by atoms with van der Waals surface area (Å²) >= 11 is 0. The van der Waals surface area contributed by atoms with Gasteiger partial charge in [0.2, 0.25) is 0 Å². The highest BCUT2D eigenvalue weighted by Crippen LogP contribution is 2.29. The molecule has 0 aromatic heterocycles. The van der Waals surface area contributed by atoms with Crippen LogP contribution in [0.3, 0.4) is 0 Å². The first kappa shape index (κ1) is 19.4. The average Bonchev–Trinajstić information content (AvgIpc) is 2.73. The van der Waals surface area contributed by atoms with Crippen LogP contribution in [0.4, 0.5) is 4.39 Å². The number of hydrogen-bond acceptors (Lipinski definition) is 4. The number of rotatable bonds is 9. The molecule has 3 aromatic carbocycles. The Labute approximate surface area is 164 Å². The second-order valence-electron chi connectivity index (χ2n) is 6.10. The van der Waals surface area contributed by atoms with E-state index in [9.17, 15) is 4.39 Å². The minimum atomic E-state index is -0.284. The van der Waals surface area contributed by atoms with E-state index < -0.39 is 0 Å². The number of halogens is 1. The normalized spacial score (nSPS) is 10.8. The van der Waals surface area contributed by atoms with Gasteiger partial charge >= 0.3 is 0 Å². The molecule has 0 aliphatic heterocycles. The third kappa shape index (κ3) is 5.58. The van der Waals surface area contributed by atoms with Crippen LogP contribution in [-0.4, -0.2) is 12.8 Å². The van der Waals surface area contributed by atoms with Crippen LogP contribution in [-0.2, 0) is 13.2 Å². The molecule has 28 heavy (non-hydrogen) atoms. The van der Waals surface area contributed by atoms with Crippen LogP contribution in [0.1, 0.15) is 23.6 Å². The summed E-state index contributed by atoms with van der Waals surface area (Å²) in [5.74, 6) is 0.888. The maximum absolute atomic E-state index is 13.8. The zero-order chi connectivity index (χ0) is 19.6. The van der Waals surface area contributed by atoms with Gasteiger partial charge in [0.1, 0.15) is 12.4 Å². The van der Waals surface area contributed by atoms with Crippen LogP contribution in [0.2, 0.25) is 0 Å². The summed E-state index contributed by atoms with van der Waals surface area (Å²) in [5, 5.41) is 4.25. The molecule has 0 saturated carbocycles. The second-order valence-corrected chi connectivity index (χ2v) is 6.10. The van der Waals surface area contributed by atoms with E-state index in [1.165, 1.54) is 6.07 Å². The van der Waals surface area contributed by atoms with E-state index in [0.29, 0.717) is 30.2 Å². The number of hydrazone groups is 1. The van der Waals surface area contributed by atoms with E-state index in [0.717, 1.165) is 11.1 Å². The van der Waals surface area contributed by atoms with Gasteiger partial charge < -0.3 is 14.9 Å². The van der Waals surface area contributed by atoms with Crippen LogP contribution >= 0.6 is 0 Å². The van der Waals surface area contributed by atoms with E-state index in [2.05, 4.69) is 10.5 Å². The van der Waals surface area contributed by atoms with Crippen LogP contribution in [0.25, 0.3) is 0 Å². The van der Waals surface area contributed by atoms with Crippen LogP contribution < -0.4 is 14.9 Å². The molecule has 4 nitrogen and oxygen atoms in total. The molecule has 0 aliphatic carbocycles. The summed E-state index contributed by atoms with van der Waals surface area (Å²) in [6, 6.07) is 22.2. The van der Waals surface area contributed by atoms with Crippen molar-refractivity contribution >= 4 is 6.21 Å². The quantitative estimate of drug-likeness (QED) is 0.424. The molecule has 3 rings (SSSR count). The molecule has 144 valence electrons. The minimum Gasteiger partial charge on any atom is -0.490 e. The Morgan fingerprint density at radius 1 is 0.929 bits per heavy atom. The monoisotopic (exact) mass is 378 g/mol. The van der Waals surface area contributed by atoms with Gasteiger partial charge in [-0.1, -0.05) is 48.5 Å². The first-order valence-electron chi connectivity index (χ1n) is 9.19. The SMILES string of the molecule is CCOc1cc(C=NNCc2ccccc2)ccc1OCc1ccccc1F. The van der Waals surface area contributed by atoms with E-state index in [1.54, 1.807) is 24.4 Å². The molecule has 0 fully saturated rings. The third-order valence-electron chi connectivity index (χ3n) is 4.04. The van der Waals surface area contributed by atoms with Gasteiger partial charge in [0.05, 0.1) is 19.4 Å². The molecular weight excluding hydrogens is 355 g/mol. The first-order valence-corrected chi connectivity index (χ1v) is 9.19. The molecule has 0 amide bonds. The standard InChI is InChI=1S/C23H23FN2O2/c1-2-27-23-14-19(16-26-25-15-18-8-4-3-5-9-18)12-13-22(23)28-17-20-10-6-7-11-21(20)24/h3-14,16,25H,2,15,17H2,1H3. The fourth-order valence-electron chi connectivity index (χ4n) is 2.62. The lowest BCUT2D eigenvalue weighted by Gasteiger charge is -2.13. The van der Waals surface area contributed by atoms with Gasteiger partial charge in [-0.25, -0.2) is 4.39 Å². The fourth-order valence-corrected chi connectivity index (χ4v) is 2.62. The topological polar surface area (TPSA) is 42.8 Å². The van der Waals surface area contributed by atoms with Crippen molar-refractivity contribution < 1.29 is 13.9 Å². The number of benzene rings is 3. The maximum Gasteiger partial charge on any atom is 0.161 e. The van der Waals surface area contributed by atoms with Gasteiger partial charge in [0.25, 0.3) is 0 Å². The Kier molecular flexibility index (Phi) is 7.01. The molecule has 0 saturated heterocycles. The minimum absolute atomic E-state index is 0.138. The van der Waals surface area contributed by atoms with Gasteiger partial charge in [0, 0.05) is 5.56 Å². The van der Waals surface area contributed by atoms with Crippen molar-refractivity contribution in [2.75, 3.05) is 6.61 Å². The number of nitrogens with one attached hydrogen (secondary N) is 1. The Balaban J connectivity index is 1.63. The molecule has 0 radical (unpaired) electrons. The van der Waals surface area contributed by atoms with Crippen LogP contribution in [0.5, 0.6) is 11.5 Å². The lowest BCUT2D eigenvalue weighted by molar-refractivity contribution is 0.266. The molecule has 0 bridgehead atoms. The average molecular weight is 378 g/mol. The Morgan fingerprint density at radius 2 is 1.71 bits per heavy atom.